The molecule has 142 valence electrons. The molecule has 0 bridgehead atoms. The van der Waals surface area contributed by atoms with E-state index in [-0.39, 0.29) is 6.54 Å². The lowest BCUT2D eigenvalue weighted by atomic mass is 9.93. The van der Waals surface area contributed by atoms with Gasteiger partial charge in [-0.25, -0.2) is 0 Å². The van der Waals surface area contributed by atoms with Crippen LogP contribution in [0.3, 0.4) is 0 Å². The lowest BCUT2D eigenvalue weighted by Gasteiger charge is -2.23. The number of fused-ring (bicyclic) bond motifs is 1. The average Bonchev–Trinajstić information content (AvgIpc) is 3.22. The highest BCUT2D eigenvalue weighted by molar-refractivity contribution is 7.08. The number of hydrogen-bond acceptors (Lipinski definition) is 4. The molecular weight excluding hydrogens is 377 g/mol. The molecule has 0 atom stereocenters. The van der Waals surface area contributed by atoms with Crippen LogP contribution in [0.1, 0.15) is 13.8 Å². The number of benzene rings is 1. The van der Waals surface area contributed by atoms with E-state index in [9.17, 15) is 18.0 Å². The normalized spacial score (nSPS) is 12.3. The molecule has 1 aromatic carbocycles. The highest BCUT2D eigenvalue weighted by atomic mass is 32.1. The minimum Gasteiger partial charge on any atom is -0.422 e. The second kappa shape index (κ2) is 6.84. The van der Waals surface area contributed by atoms with Gasteiger partial charge in [0.05, 0.1) is 17.5 Å². The maximum atomic E-state index is 12.6. The van der Waals surface area contributed by atoms with Crippen molar-refractivity contribution < 1.29 is 22.7 Å². The highest BCUT2D eigenvalue weighted by Gasteiger charge is 2.39. The maximum absolute atomic E-state index is 12.6. The van der Waals surface area contributed by atoms with Crippen LogP contribution >= 0.6 is 11.3 Å². The van der Waals surface area contributed by atoms with Crippen LogP contribution in [-0.4, -0.2) is 21.9 Å². The summed E-state index contributed by atoms with van der Waals surface area (Å²) in [5.74, 6) is -2.54. The van der Waals surface area contributed by atoms with E-state index < -0.39 is 23.3 Å². The van der Waals surface area contributed by atoms with Gasteiger partial charge in [0, 0.05) is 16.3 Å². The third-order valence-corrected chi connectivity index (χ3v) is 4.77. The van der Waals surface area contributed by atoms with Crippen molar-refractivity contribution in [1.82, 2.24) is 9.78 Å². The molecule has 0 fully saturated rings. The molecule has 2 heterocycles. The minimum absolute atomic E-state index is 0.0572. The van der Waals surface area contributed by atoms with Gasteiger partial charge in [-0.2, -0.15) is 29.6 Å². The number of carbonyl (C=O) groups excluding carboxylic acids is 1. The van der Waals surface area contributed by atoms with Crippen molar-refractivity contribution in [2.45, 2.75) is 26.6 Å². The Bertz CT molecular complexity index is 988. The zero-order valence-electron chi connectivity index (χ0n) is 14.7. The number of para-hydroxylation sites is 1. The van der Waals surface area contributed by atoms with Gasteiger partial charge in [0.1, 0.15) is 5.69 Å². The summed E-state index contributed by atoms with van der Waals surface area (Å²) in [5.41, 5.74) is 1.25. The van der Waals surface area contributed by atoms with Crippen molar-refractivity contribution in [3.8, 4) is 11.3 Å². The number of carbonyl (C=O) groups is 1. The topological polar surface area (TPSA) is 44.1 Å². The molecule has 4 nitrogen and oxygen atoms in total. The summed E-state index contributed by atoms with van der Waals surface area (Å²) in [4.78, 5) is 12.3. The zero-order chi connectivity index (χ0) is 19.8. The molecule has 0 aliphatic heterocycles. The molecule has 0 saturated carbocycles. The quantitative estimate of drug-likeness (QED) is 0.429. The van der Waals surface area contributed by atoms with Crippen LogP contribution in [-0.2, 0) is 16.1 Å². The Balaban J connectivity index is 1.92. The monoisotopic (exact) mass is 394 g/mol. The fraction of sp³-hybridized carbons (Fsp3) is 0.263. The molecule has 0 aliphatic carbocycles. The van der Waals surface area contributed by atoms with Gasteiger partial charge in [-0.3, -0.25) is 9.48 Å². The number of alkyl halides is 3. The number of nitrogens with zero attached hydrogens (tertiary/aromatic N) is 2. The van der Waals surface area contributed by atoms with Crippen LogP contribution in [0.25, 0.3) is 22.2 Å². The van der Waals surface area contributed by atoms with E-state index >= 15 is 0 Å². The van der Waals surface area contributed by atoms with Crippen LogP contribution in [0, 0.1) is 5.41 Å². The van der Waals surface area contributed by atoms with Crippen LogP contribution in [0.5, 0.6) is 0 Å². The molecule has 27 heavy (non-hydrogen) atoms. The SMILES string of the molecule is C=C(OC(=O)C(C)(C)Cn1nc(-c2ccsc2)c2ccccc21)C(F)(F)F. The van der Waals surface area contributed by atoms with E-state index in [1.165, 1.54) is 25.2 Å². The number of rotatable bonds is 5. The smallest absolute Gasteiger partial charge is 0.422 e. The second-order valence-electron chi connectivity index (χ2n) is 6.73. The Kier molecular flexibility index (Phi) is 4.86. The summed E-state index contributed by atoms with van der Waals surface area (Å²) < 4.78 is 43.9. The molecule has 0 aliphatic rings. The van der Waals surface area contributed by atoms with Gasteiger partial charge in [-0.05, 0) is 31.4 Å². The Hall–Kier alpha value is -2.61. The van der Waals surface area contributed by atoms with Gasteiger partial charge in [0.25, 0.3) is 0 Å². The van der Waals surface area contributed by atoms with Crippen molar-refractivity contribution in [2.24, 2.45) is 5.41 Å². The molecule has 0 radical (unpaired) electrons. The molecule has 3 rings (SSSR count). The standard InChI is InChI=1S/C19H17F3N2O2S/c1-12(19(20,21)22)26-17(25)18(2,3)11-24-15-7-5-4-6-14(15)16(23-24)13-8-9-27-10-13/h4-10H,1,11H2,2-3H3. The zero-order valence-corrected chi connectivity index (χ0v) is 15.5. The number of hydrogen-bond donors (Lipinski definition) is 0. The third kappa shape index (κ3) is 3.90. The fourth-order valence-corrected chi connectivity index (χ4v) is 3.25. The first kappa shape index (κ1) is 19.2. The summed E-state index contributed by atoms with van der Waals surface area (Å²) in [7, 11) is 0. The van der Waals surface area contributed by atoms with Gasteiger partial charge in [-0.15, -0.1) is 0 Å². The van der Waals surface area contributed by atoms with Gasteiger partial charge < -0.3 is 4.74 Å². The van der Waals surface area contributed by atoms with Crippen LogP contribution in [0.2, 0.25) is 0 Å². The van der Waals surface area contributed by atoms with Crippen molar-refractivity contribution in [3.63, 3.8) is 0 Å². The predicted molar refractivity (Wildman–Crippen MR) is 98.1 cm³/mol. The summed E-state index contributed by atoms with van der Waals surface area (Å²) >= 11 is 1.54. The number of allylic oxidation sites excluding steroid dienone is 1. The fourth-order valence-electron chi connectivity index (χ4n) is 2.61. The van der Waals surface area contributed by atoms with E-state index in [0.29, 0.717) is 0 Å². The van der Waals surface area contributed by atoms with Crippen molar-refractivity contribution in [1.29, 1.82) is 0 Å². The number of halogens is 3. The molecule has 0 saturated heterocycles. The van der Waals surface area contributed by atoms with Crippen molar-refractivity contribution in [3.05, 3.63) is 53.4 Å². The van der Waals surface area contributed by atoms with Crippen LogP contribution in [0.15, 0.2) is 53.4 Å². The summed E-state index contributed by atoms with van der Waals surface area (Å²) in [5, 5.41) is 9.40. The first-order valence-electron chi connectivity index (χ1n) is 8.06. The third-order valence-electron chi connectivity index (χ3n) is 4.08. The molecule has 2 aromatic heterocycles. The van der Waals surface area contributed by atoms with E-state index in [1.54, 1.807) is 4.68 Å². The molecule has 0 N–H and O–H groups in total. The van der Waals surface area contributed by atoms with Gasteiger partial charge in [-0.1, -0.05) is 24.8 Å². The van der Waals surface area contributed by atoms with E-state index in [2.05, 4.69) is 16.4 Å². The Morgan fingerprint density at radius 3 is 2.59 bits per heavy atom. The Morgan fingerprint density at radius 2 is 1.96 bits per heavy atom. The lowest BCUT2D eigenvalue weighted by molar-refractivity contribution is -0.168. The number of ether oxygens (including phenoxy) is 1. The second-order valence-corrected chi connectivity index (χ2v) is 7.51. The van der Waals surface area contributed by atoms with Crippen LogP contribution < -0.4 is 0 Å². The first-order valence-corrected chi connectivity index (χ1v) is 9.00. The summed E-state index contributed by atoms with van der Waals surface area (Å²) in [6.07, 6.45) is -4.78. The van der Waals surface area contributed by atoms with E-state index in [0.717, 1.165) is 22.2 Å². The average molecular weight is 394 g/mol. The molecule has 0 spiro atoms. The number of thiophene rings is 1. The molecule has 3 aromatic rings. The Labute approximate surface area is 157 Å². The van der Waals surface area contributed by atoms with E-state index in [1.807, 2.05) is 41.1 Å². The number of aromatic nitrogens is 2. The largest absolute Gasteiger partial charge is 0.449 e. The number of esters is 1. The van der Waals surface area contributed by atoms with Crippen LogP contribution in [0.4, 0.5) is 13.2 Å². The van der Waals surface area contributed by atoms with E-state index in [4.69, 9.17) is 0 Å². The Morgan fingerprint density at radius 1 is 1.26 bits per heavy atom. The lowest BCUT2D eigenvalue weighted by Crippen LogP contribution is -2.33. The molecule has 0 amide bonds. The van der Waals surface area contributed by atoms with Crippen molar-refractivity contribution >= 4 is 28.2 Å². The van der Waals surface area contributed by atoms with Crippen molar-refractivity contribution in [2.75, 3.05) is 0 Å². The molecule has 8 heteroatoms. The summed E-state index contributed by atoms with van der Waals surface area (Å²) in [6, 6.07) is 9.44. The maximum Gasteiger partial charge on any atom is 0.449 e. The summed E-state index contributed by atoms with van der Waals surface area (Å²) in [6.45, 7) is 5.87. The van der Waals surface area contributed by atoms with Gasteiger partial charge in [0.2, 0.25) is 5.76 Å². The van der Waals surface area contributed by atoms with Gasteiger partial charge in [0.15, 0.2) is 0 Å². The first-order chi connectivity index (χ1) is 12.6. The van der Waals surface area contributed by atoms with Gasteiger partial charge >= 0.3 is 12.1 Å². The predicted octanol–water partition coefficient (Wildman–Crippen LogP) is 5.41. The minimum atomic E-state index is -4.78. The molecule has 0 unspecified atom stereocenters. The highest BCUT2D eigenvalue weighted by Crippen LogP contribution is 2.33. The molecular formula is C19H17F3N2O2S.